The van der Waals surface area contributed by atoms with Crippen molar-refractivity contribution in [2.75, 3.05) is 197 Å². The Bertz CT molecular complexity index is 3150. The summed E-state index contributed by atoms with van der Waals surface area (Å²) in [6, 6.07) is 40.2. The minimum atomic E-state index is 0.329. The summed E-state index contributed by atoms with van der Waals surface area (Å²) >= 11 is 0. The summed E-state index contributed by atoms with van der Waals surface area (Å²) in [5.74, 6) is 5.39. The lowest BCUT2D eigenvalue weighted by Gasteiger charge is -2.24. The highest BCUT2D eigenvalue weighted by Crippen LogP contribution is 2.41. The number of benzene rings is 4. The highest BCUT2D eigenvalue weighted by molar-refractivity contribution is 6.15. The van der Waals surface area contributed by atoms with Gasteiger partial charge in [0.05, 0.1) is 155 Å². The number of ether oxygens (including phenoxy) is 16. The number of nitrogens with one attached hydrogen (secondary N) is 2. The highest BCUT2D eigenvalue weighted by atomic mass is 16.6. The first kappa shape index (κ1) is 68.4. The molecule has 22 heteroatoms. The number of allylic oxidation sites excluding steroid dienone is 2. The van der Waals surface area contributed by atoms with Gasteiger partial charge in [-0.3, -0.25) is 9.80 Å². The number of hydrogen-bond donors (Lipinski definition) is 2. The maximum Gasteiger partial charge on any atom is 0.139 e. The number of aliphatic imine (C=N–C) groups is 2. The van der Waals surface area contributed by atoms with Gasteiger partial charge >= 0.3 is 0 Å². The number of hydrogen-bond acceptors (Lipinski definition) is 20. The van der Waals surface area contributed by atoms with Crippen LogP contribution in [0.1, 0.15) is 22.5 Å². The van der Waals surface area contributed by atoms with Gasteiger partial charge in [-0.05, 0) is 108 Å². The lowest BCUT2D eigenvalue weighted by Crippen LogP contribution is -2.24. The van der Waals surface area contributed by atoms with E-state index in [-0.39, 0.29) is 0 Å². The number of H-pyrrole nitrogens is 2. The van der Waals surface area contributed by atoms with E-state index in [4.69, 9.17) is 85.8 Å². The third-order valence-electron chi connectivity index (χ3n) is 14.2. The Kier molecular flexibility index (Phi) is 28.9. The van der Waals surface area contributed by atoms with Crippen LogP contribution in [0.5, 0.6) is 23.0 Å². The van der Waals surface area contributed by atoms with Crippen molar-refractivity contribution in [1.29, 1.82) is 0 Å². The van der Waals surface area contributed by atoms with Crippen LogP contribution in [0.4, 0.5) is 23.0 Å². The monoisotopic (exact) mass is 1270 g/mol. The van der Waals surface area contributed by atoms with Crippen LogP contribution in [0, 0.1) is 0 Å². The van der Waals surface area contributed by atoms with Crippen LogP contribution in [-0.2, 0) is 56.8 Å². The zero-order chi connectivity index (χ0) is 63.6. The van der Waals surface area contributed by atoms with Crippen LogP contribution in [0.2, 0.25) is 0 Å². The van der Waals surface area contributed by atoms with Gasteiger partial charge in [-0.25, -0.2) is 9.98 Å². The topological polar surface area (TPSA) is 210 Å². The molecular weight excluding hydrogens is 1180 g/mol. The van der Waals surface area contributed by atoms with Gasteiger partial charge in [0.2, 0.25) is 0 Å². The van der Waals surface area contributed by atoms with Gasteiger partial charge in [0.25, 0.3) is 0 Å². The summed E-state index contributed by atoms with van der Waals surface area (Å²) in [4.78, 5) is 22.9. The molecule has 0 saturated heterocycles. The predicted molar refractivity (Wildman–Crippen MR) is 353 cm³/mol. The minimum absolute atomic E-state index is 0.329. The third kappa shape index (κ3) is 21.0. The molecule has 4 aromatic carbocycles. The number of anilines is 4. The number of nitrogens with zero attached hydrogens (tertiary/aromatic N) is 4. The van der Waals surface area contributed by atoms with Gasteiger partial charge in [0, 0.05) is 63.1 Å². The highest BCUT2D eigenvalue weighted by Gasteiger charge is 2.28. The van der Waals surface area contributed by atoms with E-state index >= 15 is 0 Å². The van der Waals surface area contributed by atoms with E-state index in [1.54, 1.807) is 28.4 Å². The molecule has 492 valence electrons. The van der Waals surface area contributed by atoms with Crippen molar-refractivity contribution in [3.63, 3.8) is 0 Å². The zero-order valence-electron chi connectivity index (χ0n) is 53.1. The Morgan fingerprint density at radius 3 is 0.924 bits per heavy atom. The minimum Gasteiger partial charge on any atom is -0.491 e. The number of aromatic nitrogens is 2. The van der Waals surface area contributed by atoms with Crippen molar-refractivity contribution in [2.24, 2.45) is 9.98 Å². The molecule has 0 fully saturated rings. The molecule has 0 spiro atoms. The van der Waals surface area contributed by atoms with Crippen molar-refractivity contribution in [3.05, 3.63) is 180 Å². The fourth-order valence-electron chi connectivity index (χ4n) is 9.86. The van der Waals surface area contributed by atoms with Crippen LogP contribution < -0.4 is 28.7 Å². The van der Waals surface area contributed by atoms with Gasteiger partial charge in [-0.1, -0.05) is 36.4 Å². The lowest BCUT2D eigenvalue weighted by atomic mass is 10.0. The van der Waals surface area contributed by atoms with Crippen molar-refractivity contribution in [3.8, 4) is 23.0 Å². The molecule has 3 aliphatic heterocycles. The average molecular weight is 1270 g/mol. The summed E-state index contributed by atoms with van der Waals surface area (Å²) in [5.41, 5.74) is 7.95. The van der Waals surface area contributed by atoms with Crippen molar-refractivity contribution < 1.29 is 75.8 Å². The maximum atomic E-state index is 6.33. The first-order chi connectivity index (χ1) is 45.5. The molecule has 2 N–H and O–H groups in total. The molecule has 6 aromatic rings. The third-order valence-corrected chi connectivity index (χ3v) is 14.2. The Morgan fingerprint density at radius 1 is 0.304 bits per heavy atom. The van der Waals surface area contributed by atoms with E-state index < -0.39 is 0 Å². The first-order valence-corrected chi connectivity index (χ1v) is 31.0. The number of amidine groups is 2. The normalized spacial score (nSPS) is 13.6. The van der Waals surface area contributed by atoms with Crippen LogP contribution in [0.3, 0.4) is 0 Å². The van der Waals surface area contributed by atoms with Gasteiger partial charge in [-0.2, -0.15) is 0 Å². The van der Waals surface area contributed by atoms with E-state index in [2.05, 4.69) is 56.2 Å². The molecule has 0 radical (unpaired) electrons. The number of methoxy groups -OCH3 is 4. The van der Waals surface area contributed by atoms with Gasteiger partial charge in [0.15, 0.2) is 0 Å². The second kappa shape index (κ2) is 38.8. The quantitative estimate of drug-likeness (QED) is 0.0341. The molecule has 0 unspecified atom stereocenters. The van der Waals surface area contributed by atoms with Crippen molar-refractivity contribution in [1.82, 2.24) is 9.97 Å². The standard InChI is InChI=1S/C70H86N6O16/c1-77-25-29-81-33-37-85-41-45-89-57-13-5-9-53(49-57)69-61-17-21-65(71-61)75(55-11-7-15-59(51-55)91-47-43-87-39-35-83-31-27-79-3)67-23-19-63(73-67)70(54-10-6-14-58(50-54)90-46-42-86-38-34-82-30-26-78-2)64-20-24-68(74-64)76(66-22-18-62(69)72-66)56-12-8-16-60(52-56)92-48-44-88-40-36-84-32-28-80-4/h5-24,49-52,71,74H,25-48H2,1-4H3. The molecule has 3 aliphatic rings. The molecule has 9 rings (SSSR count). The van der Waals surface area contributed by atoms with E-state index in [9.17, 15) is 0 Å². The van der Waals surface area contributed by atoms with E-state index in [0.717, 1.165) is 56.7 Å². The molecule has 0 amide bonds. The van der Waals surface area contributed by atoms with Gasteiger partial charge < -0.3 is 85.8 Å². The molecule has 0 atom stereocenters. The summed E-state index contributed by atoms with van der Waals surface area (Å²) in [5, 5.41) is 0. The van der Waals surface area contributed by atoms with Gasteiger partial charge in [0.1, 0.15) is 72.7 Å². The molecule has 0 saturated carbocycles. The predicted octanol–water partition coefficient (Wildman–Crippen LogP) is 10.0. The van der Waals surface area contributed by atoms with E-state index in [0.29, 0.717) is 205 Å². The van der Waals surface area contributed by atoms with Crippen LogP contribution in [-0.4, -0.2) is 209 Å². The van der Waals surface area contributed by atoms with Crippen LogP contribution in [0.15, 0.2) is 167 Å². The average Bonchev–Trinajstić information content (AvgIpc) is 1.67. The fourth-order valence-corrected chi connectivity index (χ4v) is 9.86. The summed E-state index contributed by atoms with van der Waals surface area (Å²) in [6.07, 6.45) is 8.13. The van der Waals surface area contributed by atoms with Crippen LogP contribution in [0.25, 0.3) is 11.1 Å². The number of rotatable bonds is 44. The second-order valence-electron chi connectivity index (χ2n) is 20.6. The molecule has 8 bridgehead atoms. The SMILES string of the molecule is COCCOCCOCCOc1cccc(C2=C3C=CC(=N3)N(c3cccc(OCCOCCOCCOC)c3)c3ccc([nH]3)C(c3cccc(OCCOCCOCCOC)c3)=C3C=CC(=N3)N(c3cccc(OCCOCCOCCOC)c3)c3ccc2[nH]3)c1. The molecule has 2 aromatic heterocycles. The van der Waals surface area contributed by atoms with Crippen molar-refractivity contribution >= 4 is 45.8 Å². The summed E-state index contributed by atoms with van der Waals surface area (Å²) < 4.78 is 91.3. The Hall–Kier alpha value is -7.94. The maximum absolute atomic E-state index is 6.33. The van der Waals surface area contributed by atoms with Crippen molar-refractivity contribution in [2.45, 2.75) is 0 Å². The van der Waals surface area contributed by atoms with Crippen LogP contribution >= 0.6 is 0 Å². The Labute approximate surface area is 538 Å². The largest absolute Gasteiger partial charge is 0.491 e. The number of aromatic amines is 2. The molecule has 0 aliphatic carbocycles. The number of fused-ring (bicyclic) bond motifs is 6. The summed E-state index contributed by atoms with van der Waals surface area (Å²) in [7, 11) is 6.60. The molecule has 92 heavy (non-hydrogen) atoms. The van der Waals surface area contributed by atoms with E-state index in [1.807, 2.05) is 109 Å². The Morgan fingerprint density at radius 2 is 0.598 bits per heavy atom. The van der Waals surface area contributed by atoms with E-state index in [1.165, 1.54) is 0 Å². The molecular formula is C70H86N6O16. The second-order valence-corrected chi connectivity index (χ2v) is 20.6. The summed E-state index contributed by atoms with van der Waals surface area (Å²) in [6.45, 7) is 10.6. The molecule has 5 heterocycles. The zero-order valence-corrected chi connectivity index (χ0v) is 53.1. The fraction of sp³-hybridized carbons (Fsp3) is 0.400. The first-order valence-electron chi connectivity index (χ1n) is 31.0. The lowest BCUT2D eigenvalue weighted by molar-refractivity contribution is 0.0180. The molecule has 22 nitrogen and oxygen atoms in total. The Balaban J connectivity index is 1.09. The smallest absolute Gasteiger partial charge is 0.139 e. The van der Waals surface area contributed by atoms with Gasteiger partial charge in [-0.15, -0.1) is 0 Å².